The van der Waals surface area contributed by atoms with E-state index in [1.807, 2.05) is 30.3 Å². The van der Waals surface area contributed by atoms with Gasteiger partial charge in [-0.15, -0.1) is 0 Å². The number of rotatable bonds is 7. The van der Waals surface area contributed by atoms with Gasteiger partial charge in [-0.3, -0.25) is 9.59 Å². The summed E-state index contributed by atoms with van der Waals surface area (Å²) in [5.41, 5.74) is 1.55. The number of aromatic nitrogens is 2. The van der Waals surface area contributed by atoms with Gasteiger partial charge in [-0.25, -0.2) is 5.10 Å². The van der Waals surface area contributed by atoms with E-state index in [9.17, 15) is 9.59 Å². The van der Waals surface area contributed by atoms with E-state index in [1.165, 1.54) is 5.56 Å². The first-order chi connectivity index (χ1) is 13.0. The second-order valence-electron chi connectivity index (χ2n) is 6.64. The highest BCUT2D eigenvalue weighted by Gasteiger charge is 2.10. The van der Waals surface area contributed by atoms with Gasteiger partial charge in [-0.2, -0.15) is 5.10 Å². The summed E-state index contributed by atoms with van der Waals surface area (Å²) in [6.45, 7) is 5.07. The number of ether oxygens (including phenoxy) is 1. The van der Waals surface area contributed by atoms with Crippen molar-refractivity contribution >= 4 is 16.7 Å². The number of nitrogens with zero attached hydrogens (tertiary/aromatic N) is 1. The Bertz CT molecular complexity index is 978. The van der Waals surface area contributed by atoms with Crippen LogP contribution in [0.5, 0.6) is 5.75 Å². The molecule has 2 N–H and O–H groups in total. The highest BCUT2D eigenvalue weighted by atomic mass is 16.5. The van der Waals surface area contributed by atoms with Gasteiger partial charge in [0, 0.05) is 5.39 Å². The molecule has 140 valence electrons. The molecule has 6 heteroatoms. The van der Waals surface area contributed by atoms with E-state index < -0.39 is 0 Å². The molecule has 0 spiro atoms. The first-order valence-electron chi connectivity index (χ1n) is 9.00. The van der Waals surface area contributed by atoms with Crippen LogP contribution >= 0.6 is 0 Å². The van der Waals surface area contributed by atoms with Crippen molar-refractivity contribution in [3.05, 3.63) is 70.1 Å². The van der Waals surface area contributed by atoms with Gasteiger partial charge in [-0.1, -0.05) is 44.2 Å². The lowest BCUT2D eigenvalue weighted by molar-refractivity contribution is -0.120. The van der Waals surface area contributed by atoms with Gasteiger partial charge in [0.1, 0.15) is 12.4 Å². The molecule has 0 radical (unpaired) electrons. The molecule has 0 atom stereocenters. The largest absolute Gasteiger partial charge is 0.492 e. The topological polar surface area (TPSA) is 84.1 Å². The molecule has 27 heavy (non-hydrogen) atoms. The van der Waals surface area contributed by atoms with E-state index in [1.54, 1.807) is 18.2 Å². The average Bonchev–Trinajstić information content (AvgIpc) is 2.68. The molecule has 1 heterocycles. The highest BCUT2D eigenvalue weighted by molar-refractivity contribution is 5.88. The Morgan fingerprint density at radius 3 is 2.52 bits per heavy atom. The van der Waals surface area contributed by atoms with E-state index in [4.69, 9.17) is 4.74 Å². The smallest absolute Gasteiger partial charge is 0.272 e. The number of carbonyl (C=O) groups excluding carboxylic acids is 1. The van der Waals surface area contributed by atoms with Crippen LogP contribution in [0.1, 0.15) is 31.0 Å². The van der Waals surface area contributed by atoms with Gasteiger partial charge in [-0.05, 0) is 29.7 Å². The fourth-order valence-corrected chi connectivity index (χ4v) is 2.83. The molecule has 0 saturated carbocycles. The standard InChI is InChI=1S/C21H23N3O3/c1-14(2)15-7-9-16(10-8-15)27-12-11-22-20(25)13-19-17-5-3-4-6-18(17)21(26)24-23-19/h3-10,14H,11-13H2,1-2H3,(H,22,25)(H,24,26). The lowest BCUT2D eigenvalue weighted by Gasteiger charge is -2.10. The van der Waals surface area contributed by atoms with Crippen molar-refractivity contribution in [2.45, 2.75) is 26.2 Å². The van der Waals surface area contributed by atoms with Crippen LogP contribution in [0.2, 0.25) is 0 Å². The predicted molar refractivity (Wildman–Crippen MR) is 105 cm³/mol. The molecule has 0 bridgehead atoms. The average molecular weight is 365 g/mol. The molecule has 0 fully saturated rings. The van der Waals surface area contributed by atoms with Crippen molar-refractivity contribution in [2.24, 2.45) is 0 Å². The Balaban J connectivity index is 1.50. The Hall–Kier alpha value is -3.15. The van der Waals surface area contributed by atoms with Gasteiger partial charge >= 0.3 is 0 Å². The quantitative estimate of drug-likeness (QED) is 0.631. The van der Waals surface area contributed by atoms with E-state index in [0.717, 1.165) is 5.75 Å². The second kappa shape index (κ2) is 8.49. The van der Waals surface area contributed by atoms with Gasteiger partial charge in [0.2, 0.25) is 5.91 Å². The molecule has 0 saturated heterocycles. The van der Waals surface area contributed by atoms with Crippen molar-refractivity contribution < 1.29 is 9.53 Å². The van der Waals surface area contributed by atoms with Gasteiger partial charge in [0.15, 0.2) is 0 Å². The van der Waals surface area contributed by atoms with Crippen LogP contribution in [-0.4, -0.2) is 29.3 Å². The maximum atomic E-state index is 12.2. The fraction of sp³-hybridized carbons (Fsp3) is 0.286. The van der Waals surface area contributed by atoms with Crippen LogP contribution in [0.15, 0.2) is 53.3 Å². The zero-order chi connectivity index (χ0) is 19.2. The fourth-order valence-electron chi connectivity index (χ4n) is 2.83. The summed E-state index contributed by atoms with van der Waals surface area (Å²) in [6, 6.07) is 15.1. The third kappa shape index (κ3) is 4.73. The van der Waals surface area contributed by atoms with Crippen LogP contribution < -0.4 is 15.6 Å². The van der Waals surface area contributed by atoms with Crippen LogP contribution in [0.25, 0.3) is 10.8 Å². The molecule has 0 aliphatic carbocycles. The number of hydrogen-bond acceptors (Lipinski definition) is 4. The minimum atomic E-state index is -0.258. The first kappa shape index (κ1) is 18.6. The molecule has 6 nitrogen and oxygen atoms in total. The Labute approximate surface area is 157 Å². The number of carbonyl (C=O) groups is 1. The highest BCUT2D eigenvalue weighted by Crippen LogP contribution is 2.18. The van der Waals surface area contributed by atoms with E-state index >= 15 is 0 Å². The third-order valence-electron chi connectivity index (χ3n) is 4.34. The SMILES string of the molecule is CC(C)c1ccc(OCCNC(=O)Cc2n[nH]c(=O)c3ccccc23)cc1. The summed E-state index contributed by atoms with van der Waals surface area (Å²) in [5.74, 6) is 1.09. The zero-order valence-corrected chi connectivity index (χ0v) is 15.5. The lowest BCUT2D eigenvalue weighted by Crippen LogP contribution is -2.30. The summed E-state index contributed by atoms with van der Waals surface area (Å²) >= 11 is 0. The van der Waals surface area contributed by atoms with Crippen molar-refractivity contribution in [3.8, 4) is 5.75 Å². The second-order valence-corrected chi connectivity index (χ2v) is 6.64. The number of benzene rings is 2. The molecule has 0 aliphatic heterocycles. The lowest BCUT2D eigenvalue weighted by atomic mass is 10.0. The number of nitrogens with one attached hydrogen (secondary N) is 2. The molecule has 3 aromatic rings. The number of fused-ring (bicyclic) bond motifs is 1. The molecular formula is C21H23N3O3. The number of aromatic amines is 1. The molecular weight excluding hydrogens is 342 g/mol. The maximum Gasteiger partial charge on any atom is 0.272 e. The van der Waals surface area contributed by atoms with E-state index in [-0.39, 0.29) is 17.9 Å². The van der Waals surface area contributed by atoms with Crippen LogP contribution in [0.4, 0.5) is 0 Å². The summed E-state index contributed by atoms with van der Waals surface area (Å²) in [4.78, 5) is 24.0. The first-order valence-corrected chi connectivity index (χ1v) is 9.00. The van der Waals surface area contributed by atoms with E-state index in [0.29, 0.717) is 35.5 Å². The molecule has 2 aromatic carbocycles. The predicted octanol–water partition coefficient (Wildman–Crippen LogP) is 2.78. The van der Waals surface area contributed by atoms with Gasteiger partial charge in [0.05, 0.1) is 24.0 Å². The van der Waals surface area contributed by atoms with Crippen molar-refractivity contribution in [2.75, 3.05) is 13.2 Å². The summed E-state index contributed by atoms with van der Waals surface area (Å²) in [5, 5.41) is 10.5. The molecule has 3 rings (SSSR count). The van der Waals surface area contributed by atoms with Crippen molar-refractivity contribution in [3.63, 3.8) is 0 Å². The minimum Gasteiger partial charge on any atom is -0.492 e. The molecule has 1 amide bonds. The third-order valence-corrected chi connectivity index (χ3v) is 4.34. The molecule has 0 aliphatic rings. The Kier molecular flexibility index (Phi) is 5.86. The summed E-state index contributed by atoms with van der Waals surface area (Å²) in [6.07, 6.45) is 0.0976. The minimum absolute atomic E-state index is 0.0976. The van der Waals surface area contributed by atoms with Crippen LogP contribution in [-0.2, 0) is 11.2 Å². The van der Waals surface area contributed by atoms with Gasteiger partial charge < -0.3 is 10.1 Å². The Morgan fingerprint density at radius 1 is 1.11 bits per heavy atom. The van der Waals surface area contributed by atoms with Crippen molar-refractivity contribution in [1.29, 1.82) is 0 Å². The molecule has 0 unspecified atom stereocenters. The summed E-state index contributed by atoms with van der Waals surface area (Å²) < 4.78 is 5.65. The molecule has 1 aromatic heterocycles. The monoisotopic (exact) mass is 365 g/mol. The van der Waals surface area contributed by atoms with Crippen molar-refractivity contribution in [1.82, 2.24) is 15.5 Å². The van der Waals surface area contributed by atoms with Gasteiger partial charge in [0.25, 0.3) is 5.56 Å². The zero-order valence-electron chi connectivity index (χ0n) is 15.5. The maximum absolute atomic E-state index is 12.2. The number of hydrogen-bond donors (Lipinski definition) is 2. The van der Waals surface area contributed by atoms with E-state index in [2.05, 4.69) is 29.4 Å². The summed E-state index contributed by atoms with van der Waals surface area (Å²) in [7, 11) is 0. The number of amides is 1. The normalized spacial score (nSPS) is 10.9. The van der Waals surface area contributed by atoms with Crippen LogP contribution in [0, 0.1) is 0 Å². The van der Waals surface area contributed by atoms with Crippen LogP contribution in [0.3, 0.4) is 0 Å². The Morgan fingerprint density at radius 2 is 1.81 bits per heavy atom. The number of H-pyrrole nitrogens is 1.